The Labute approximate surface area is 140 Å². The van der Waals surface area contributed by atoms with Crippen molar-refractivity contribution < 1.29 is 27.1 Å². The average molecular weight is 348 g/mol. The number of rotatable bonds is 4. The molecule has 0 aliphatic rings. The van der Waals surface area contributed by atoms with Gasteiger partial charge >= 0.3 is 5.97 Å². The lowest BCUT2D eigenvalue weighted by Gasteiger charge is -2.10. The van der Waals surface area contributed by atoms with Gasteiger partial charge in [0, 0.05) is 5.56 Å². The molecule has 2 aromatic carbocycles. The molecular weight excluding hydrogens is 337 g/mol. The molecule has 0 unspecified atom stereocenters. The van der Waals surface area contributed by atoms with Gasteiger partial charge in [-0.05, 0) is 43.3 Å². The molecule has 8 heteroatoms. The third kappa shape index (κ3) is 3.52. The first kappa shape index (κ1) is 16.7. The van der Waals surface area contributed by atoms with Gasteiger partial charge in [0.05, 0.1) is 0 Å². The average Bonchev–Trinajstić information content (AvgIpc) is 3.05. The highest BCUT2D eigenvalue weighted by Gasteiger charge is 2.24. The third-order valence-electron chi connectivity index (χ3n) is 3.33. The molecule has 0 saturated carbocycles. The summed E-state index contributed by atoms with van der Waals surface area (Å²) in [5.74, 6) is -3.65. The van der Waals surface area contributed by atoms with Crippen molar-refractivity contribution in [3.63, 3.8) is 0 Å². The number of esters is 1. The predicted molar refractivity (Wildman–Crippen MR) is 79.9 cm³/mol. The first-order chi connectivity index (χ1) is 12.0. The second-order valence-electron chi connectivity index (χ2n) is 5.10. The number of aromatic nitrogens is 2. The van der Waals surface area contributed by atoms with Crippen LogP contribution in [0.5, 0.6) is 0 Å². The number of hydrogen-bond acceptors (Lipinski definition) is 5. The van der Waals surface area contributed by atoms with E-state index in [1.165, 1.54) is 31.2 Å². The van der Waals surface area contributed by atoms with Crippen molar-refractivity contribution >= 4 is 5.97 Å². The van der Waals surface area contributed by atoms with Gasteiger partial charge in [0.2, 0.25) is 5.89 Å². The van der Waals surface area contributed by atoms with Crippen LogP contribution in [0.15, 0.2) is 46.9 Å². The molecular formula is C17H11F3N2O3. The highest BCUT2D eigenvalue weighted by atomic mass is 19.1. The van der Waals surface area contributed by atoms with Crippen molar-refractivity contribution in [1.29, 1.82) is 0 Å². The second kappa shape index (κ2) is 6.76. The van der Waals surface area contributed by atoms with Crippen molar-refractivity contribution in [2.24, 2.45) is 0 Å². The summed E-state index contributed by atoms with van der Waals surface area (Å²) in [4.78, 5) is 12.0. The summed E-state index contributed by atoms with van der Waals surface area (Å²) in [6, 6.07) is 8.37. The quantitative estimate of drug-likeness (QED) is 0.665. The fraction of sp³-hybridized carbons (Fsp3) is 0.118. The molecule has 0 radical (unpaired) electrons. The summed E-state index contributed by atoms with van der Waals surface area (Å²) in [5, 5.41) is 7.51. The molecule has 25 heavy (non-hydrogen) atoms. The molecule has 1 aromatic heterocycles. The lowest BCUT2D eigenvalue weighted by molar-refractivity contribution is 0.0269. The second-order valence-corrected chi connectivity index (χ2v) is 5.10. The topological polar surface area (TPSA) is 65.2 Å². The molecule has 0 amide bonds. The van der Waals surface area contributed by atoms with Gasteiger partial charge in [0.15, 0.2) is 6.10 Å². The van der Waals surface area contributed by atoms with Gasteiger partial charge < -0.3 is 9.15 Å². The highest BCUT2D eigenvalue weighted by Crippen LogP contribution is 2.24. The van der Waals surface area contributed by atoms with Crippen LogP contribution >= 0.6 is 0 Å². The van der Waals surface area contributed by atoms with Crippen molar-refractivity contribution in [2.75, 3.05) is 0 Å². The Morgan fingerprint density at radius 3 is 2.32 bits per heavy atom. The molecule has 3 aromatic rings. The SMILES string of the molecule is C[C@H](OC(=O)c1c(F)cccc1F)c1nnc(-c2ccc(F)cc2)o1. The number of carbonyl (C=O) groups is 1. The minimum Gasteiger partial charge on any atom is -0.449 e. The zero-order valence-electron chi connectivity index (χ0n) is 12.9. The van der Waals surface area contributed by atoms with Crippen molar-refractivity contribution in [3.8, 4) is 11.5 Å². The van der Waals surface area contributed by atoms with Crippen LogP contribution in [-0.2, 0) is 4.74 Å². The first-order valence-electron chi connectivity index (χ1n) is 7.20. The highest BCUT2D eigenvalue weighted by molar-refractivity contribution is 5.90. The van der Waals surface area contributed by atoms with Gasteiger partial charge in [0.25, 0.3) is 5.89 Å². The van der Waals surface area contributed by atoms with Crippen LogP contribution in [0.2, 0.25) is 0 Å². The minimum absolute atomic E-state index is 0.0653. The zero-order chi connectivity index (χ0) is 18.0. The number of carbonyl (C=O) groups excluding carboxylic acids is 1. The van der Waals surface area contributed by atoms with E-state index in [1.807, 2.05) is 0 Å². The Balaban J connectivity index is 1.77. The zero-order valence-corrected chi connectivity index (χ0v) is 12.9. The van der Waals surface area contributed by atoms with E-state index in [1.54, 1.807) is 0 Å². The van der Waals surface area contributed by atoms with Gasteiger partial charge in [-0.25, -0.2) is 18.0 Å². The summed E-state index contributed by atoms with van der Waals surface area (Å²) in [6.45, 7) is 1.42. The first-order valence-corrected chi connectivity index (χ1v) is 7.20. The summed E-state index contributed by atoms with van der Waals surface area (Å²) in [5.41, 5.74) is -0.327. The molecule has 1 heterocycles. The number of benzene rings is 2. The third-order valence-corrected chi connectivity index (χ3v) is 3.33. The van der Waals surface area contributed by atoms with Gasteiger partial charge in [0.1, 0.15) is 23.0 Å². The summed E-state index contributed by atoms with van der Waals surface area (Å²) in [6.07, 6.45) is -1.03. The Hall–Kier alpha value is -3.16. The maximum Gasteiger partial charge on any atom is 0.344 e. The number of ether oxygens (including phenoxy) is 1. The summed E-state index contributed by atoms with van der Waals surface area (Å²) < 4.78 is 50.4. The van der Waals surface area contributed by atoms with Crippen molar-refractivity contribution in [3.05, 3.63) is 71.4 Å². The van der Waals surface area contributed by atoms with Crippen LogP contribution in [0, 0.1) is 17.5 Å². The molecule has 0 aliphatic carbocycles. The lowest BCUT2D eigenvalue weighted by atomic mass is 10.2. The van der Waals surface area contributed by atoms with E-state index in [9.17, 15) is 18.0 Å². The van der Waals surface area contributed by atoms with Gasteiger partial charge in [-0.2, -0.15) is 0 Å². The van der Waals surface area contributed by atoms with E-state index in [2.05, 4.69) is 10.2 Å². The monoisotopic (exact) mass is 348 g/mol. The Morgan fingerprint density at radius 1 is 1.04 bits per heavy atom. The number of halogens is 3. The molecule has 1 atom stereocenters. The molecule has 5 nitrogen and oxygen atoms in total. The molecule has 0 fully saturated rings. The molecule has 128 valence electrons. The van der Waals surface area contributed by atoms with Crippen molar-refractivity contribution in [1.82, 2.24) is 10.2 Å². The van der Waals surface area contributed by atoms with Crippen LogP contribution in [0.1, 0.15) is 29.3 Å². The fourth-order valence-electron chi connectivity index (χ4n) is 2.07. The van der Waals surface area contributed by atoms with Crippen molar-refractivity contribution in [2.45, 2.75) is 13.0 Å². The molecule has 0 saturated heterocycles. The minimum atomic E-state index is -1.19. The fourth-order valence-corrected chi connectivity index (χ4v) is 2.07. The molecule has 0 aliphatic heterocycles. The van der Waals surface area contributed by atoms with Gasteiger partial charge in [-0.15, -0.1) is 10.2 Å². The summed E-state index contributed by atoms with van der Waals surface area (Å²) >= 11 is 0. The smallest absolute Gasteiger partial charge is 0.344 e. The Morgan fingerprint density at radius 2 is 1.68 bits per heavy atom. The van der Waals surface area contributed by atoms with Crippen LogP contribution in [0.4, 0.5) is 13.2 Å². The van der Waals surface area contributed by atoms with E-state index >= 15 is 0 Å². The maximum atomic E-state index is 13.6. The number of hydrogen-bond donors (Lipinski definition) is 0. The van der Waals surface area contributed by atoms with E-state index in [-0.39, 0.29) is 11.8 Å². The maximum absolute atomic E-state index is 13.6. The molecule has 0 N–H and O–H groups in total. The summed E-state index contributed by atoms with van der Waals surface area (Å²) in [7, 11) is 0. The van der Waals surface area contributed by atoms with Crippen LogP contribution in [0.25, 0.3) is 11.5 Å². The van der Waals surface area contributed by atoms with Crippen LogP contribution in [-0.4, -0.2) is 16.2 Å². The number of nitrogens with zero attached hydrogens (tertiary/aromatic N) is 2. The lowest BCUT2D eigenvalue weighted by Crippen LogP contribution is -2.13. The normalized spacial score (nSPS) is 12.0. The van der Waals surface area contributed by atoms with E-state index in [0.29, 0.717) is 5.56 Å². The van der Waals surface area contributed by atoms with E-state index < -0.39 is 35.1 Å². The van der Waals surface area contributed by atoms with E-state index in [4.69, 9.17) is 9.15 Å². The Bertz CT molecular complexity index is 890. The van der Waals surface area contributed by atoms with Gasteiger partial charge in [-0.3, -0.25) is 0 Å². The molecule has 3 rings (SSSR count). The predicted octanol–water partition coefficient (Wildman–Crippen LogP) is 4.07. The standard InChI is InChI=1S/C17H11F3N2O3/c1-9(24-17(23)14-12(19)3-2-4-13(14)20)15-21-22-16(25-15)10-5-7-11(18)8-6-10/h2-9H,1H3/t9-/m0/s1. The van der Waals surface area contributed by atoms with E-state index in [0.717, 1.165) is 18.2 Å². The largest absolute Gasteiger partial charge is 0.449 e. The Kier molecular flexibility index (Phi) is 4.51. The molecule has 0 bridgehead atoms. The van der Waals surface area contributed by atoms with Crippen LogP contribution < -0.4 is 0 Å². The molecule has 0 spiro atoms. The van der Waals surface area contributed by atoms with Crippen LogP contribution in [0.3, 0.4) is 0 Å². The van der Waals surface area contributed by atoms with Gasteiger partial charge in [-0.1, -0.05) is 6.07 Å².